The first-order valence-electron chi connectivity index (χ1n) is 10.5. The van der Waals surface area contributed by atoms with Crippen LogP contribution in [0.3, 0.4) is 0 Å². The first-order valence-corrected chi connectivity index (χ1v) is 10.9. The Kier molecular flexibility index (Phi) is 6.35. The van der Waals surface area contributed by atoms with Crippen LogP contribution < -0.4 is 16.3 Å². The van der Waals surface area contributed by atoms with Crippen LogP contribution in [0.1, 0.15) is 31.0 Å². The van der Waals surface area contributed by atoms with Crippen LogP contribution in [0.15, 0.2) is 41.2 Å². The number of aromatic amines is 1. The van der Waals surface area contributed by atoms with E-state index >= 15 is 0 Å². The molecule has 1 aromatic carbocycles. The summed E-state index contributed by atoms with van der Waals surface area (Å²) in [6, 6.07) is 8.17. The van der Waals surface area contributed by atoms with Gasteiger partial charge in [-0.2, -0.15) is 18.2 Å². The van der Waals surface area contributed by atoms with Gasteiger partial charge in [-0.3, -0.25) is 4.90 Å². The lowest BCUT2D eigenvalue weighted by atomic mass is 9.99. The molecular formula is C22H24ClF3N6O. The number of halogens is 4. The van der Waals surface area contributed by atoms with Crippen molar-refractivity contribution < 1.29 is 13.2 Å². The fourth-order valence-corrected chi connectivity index (χ4v) is 4.53. The summed E-state index contributed by atoms with van der Waals surface area (Å²) in [7, 11) is 0. The van der Waals surface area contributed by atoms with Crippen molar-refractivity contribution >= 4 is 28.5 Å². The number of fused-ring (bicyclic) bond motifs is 1. The Morgan fingerprint density at radius 3 is 2.52 bits per heavy atom. The molecule has 2 aromatic heterocycles. The number of hydrogen-bond donors (Lipinski definition) is 2. The van der Waals surface area contributed by atoms with Gasteiger partial charge < -0.3 is 15.6 Å². The van der Waals surface area contributed by atoms with E-state index in [0.717, 1.165) is 17.7 Å². The van der Waals surface area contributed by atoms with Gasteiger partial charge in [0.2, 0.25) is 0 Å². The summed E-state index contributed by atoms with van der Waals surface area (Å²) < 4.78 is 38.8. The van der Waals surface area contributed by atoms with Gasteiger partial charge in [0, 0.05) is 37.8 Å². The first-order chi connectivity index (χ1) is 15.6. The van der Waals surface area contributed by atoms with Gasteiger partial charge in [-0.1, -0.05) is 23.7 Å². The molecule has 3 aromatic rings. The minimum absolute atomic E-state index is 0.0667. The molecule has 1 aliphatic rings. The fourth-order valence-electron chi connectivity index (χ4n) is 4.39. The highest BCUT2D eigenvalue weighted by molar-refractivity contribution is 6.29. The van der Waals surface area contributed by atoms with Crippen molar-refractivity contribution in [3.63, 3.8) is 0 Å². The normalized spacial score (nSPS) is 20.9. The van der Waals surface area contributed by atoms with Crippen LogP contribution in [-0.4, -0.2) is 51.6 Å². The summed E-state index contributed by atoms with van der Waals surface area (Å²) >= 11 is 6.09. The number of nitrogens with zero attached hydrogens (tertiary/aromatic N) is 4. The summed E-state index contributed by atoms with van der Waals surface area (Å²) in [5, 5.41) is 0.287. The van der Waals surface area contributed by atoms with E-state index in [1.54, 1.807) is 12.1 Å². The van der Waals surface area contributed by atoms with Crippen LogP contribution in [0.4, 0.5) is 19.0 Å². The van der Waals surface area contributed by atoms with Crippen LogP contribution >= 0.6 is 11.6 Å². The van der Waals surface area contributed by atoms with E-state index in [-0.39, 0.29) is 23.3 Å². The number of benzene rings is 1. The monoisotopic (exact) mass is 480 g/mol. The van der Waals surface area contributed by atoms with E-state index in [1.807, 2.05) is 18.7 Å². The highest BCUT2D eigenvalue weighted by atomic mass is 35.5. The molecule has 0 radical (unpaired) electrons. The summed E-state index contributed by atoms with van der Waals surface area (Å²) in [6.07, 6.45) is -4.37. The van der Waals surface area contributed by atoms with Gasteiger partial charge >= 0.3 is 11.9 Å². The minimum Gasteiger partial charge on any atom is -0.349 e. The van der Waals surface area contributed by atoms with Crippen molar-refractivity contribution in [2.24, 2.45) is 5.73 Å². The lowest BCUT2D eigenvalue weighted by Gasteiger charge is -2.48. The molecule has 33 heavy (non-hydrogen) atoms. The van der Waals surface area contributed by atoms with Gasteiger partial charge in [0.15, 0.2) is 5.82 Å². The predicted molar refractivity (Wildman–Crippen MR) is 121 cm³/mol. The van der Waals surface area contributed by atoms with Crippen LogP contribution in [0.5, 0.6) is 0 Å². The predicted octanol–water partition coefficient (Wildman–Crippen LogP) is 3.59. The van der Waals surface area contributed by atoms with Gasteiger partial charge in [0.05, 0.1) is 11.1 Å². The van der Waals surface area contributed by atoms with Crippen LogP contribution in [0.2, 0.25) is 5.15 Å². The van der Waals surface area contributed by atoms with Gasteiger partial charge in [-0.15, -0.1) is 0 Å². The summed E-state index contributed by atoms with van der Waals surface area (Å²) in [5.41, 5.74) is 6.74. The molecule has 0 spiro atoms. The fraction of sp³-hybridized carbons (Fsp3) is 0.409. The molecule has 3 N–H and O–H groups in total. The van der Waals surface area contributed by atoms with E-state index in [2.05, 4.69) is 19.9 Å². The average molecular weight is 481 g/mol. The molecule has 2 unspecified atom stereocenters. The standard InChI is InChI=1S/C22H24ClF3N6O/c1-12-10-32(13(2)14-3-5-15(6-4-14)22(24,25)26)16(9-27)11-31(12)20-19-17(28-21(33)30-20)7-8-18(23)29-19/h3-8,12-13,16H,9-11,27H2,1-2H3,(H,28,30,33)/t12?,13?,16-/m1/s1. The molecule has 0 amide bonds. The van der Waals surface area contributed by atoms with Crippen molar-refractivity contribution in [2.45, 2.75) is 38.1 Å². The highest BCUT2D eigenvalue weighted by Crippen LogP contribution is 2.33. The zero-order valence-corrected chi connectivity index (χ0v) is 18.9. The minimum atomic E-state index is -4.37. The Bertz CT molecular complexity index is 1200. The van der Waals surface area contributed by atoms with Gasteiger partial charge in [-0.25, -0.2) is 9.78 Å². The SMILES string of the molecule is CC1CN(C(C)c2ccc(C(F)(F)F)cc2)[C@H](CN)CN1c1nc(=O)[nH]c2ccc(Cl)nc12. The number of anilines is 1. The Labute approximate surface area is 193 Å². The highest BCUT2D eigenvalue weighted by Gasteiger charge is 2.36. The molecule has 1 fully saturated rings. The molecule has 3 atom stereocenters. The maximum Gasteiger partial charge on any atom is 0.416 e. The Hall–Kier alpha value is -2.69. The third kappa shape index (κ3) is 4.68. The molecule has 0 bridgehead atoms. The lowest BCUT2D eigenvalue weighted by molar-refractivity contribution is -0.137. The molecule has 176 valence electrons. The molecule has 1 aliphatic heterocycles. The number of H-pyrrole nitrogens is 1. The van der Waals surface area contributed by atoms with E-state index in [0.29, 0.717) is 36.5 Å². The van der Waals surface area contributed by atoms with Crippen molar-refractivity contribution in [2.75, 3.05) is 24.5 Å². The quantitative estimate of drug-likeness (QED) is 0.555. The second-order valence-electron chi connectivity index (χ2n) is 8.28. The second kappa shape index (κ2) is 8.92. The van der Waals surface area contributed by atoms with Crippen LogP contribution in [-0.2, 0) is 6.18 Å². The third-order valence-electron chi connectivity index (χ3n) is 6.17. The van der Waals surface area contributed by atoms with Gasteiger partial charge in [-0.05, 0) is 43.7 Å². The number of nitrogens with one attached hydrogen (secondary N) is 1. The van der Waals surface area contributed by atoms with Gasteiger partial charge in [0.1, 0.15) is 10.7 Å². The molecule has 3 heterocycles. The summed E-state index contributed by atoms with van der Waals surface area (Å²) in [5.74, 6) is 0.434. The largest absolute Gasteiger partial charge is 0.416 e. The number of rotatable bonds is 4. The zero-order valence-electron chi connectivity index (χ0n) is 18.1. The summed E-state index contributed by atoms with van der Waals surface area (Å²) in [6.45, 7) is 5.32. The molecule has 7 nitrogen and oxygen atoms in total. The van der Waals surface area contributed by atoms with Crippen molar-refractivity contribution in [1.29, 1.82) is 0 Å². The molecule has 4 rings (SSSR count). The van der Waals surface area contributed by atoms with Crippen LogP contribution in [0.25, 0.3) is 11.0 Å². The molecular weight excluding hydrogens is 457 g/mol. The number of hydrogen-bond acceptors (Lipinski definition) is 6. The molecule has 0 aliphatic carbocycles. The van der Waals surface area contributed by atoms with E-state index in [1.165, 1.54) is 12.1 Å². The van der Waals surface area contributed by atoms with Crippen molar-refractivity contribution in [3.8, 4) is 0 Å². The smallest absolute Gasteiger partial charge is 0.349 e. The molecule has 1 saturated heterocycles. The number of pyridine rings is 1. The average Bonchev–Trinajstić information content (AvgIpc) is 2.78. The third-order valence-corrected chi connectivity index (χ3v) is 6.38. The number of alkyl halides is 3. The van der Waals surface area contributed by atoms with Crippen molar-refractivity contribution in [3.05, 3.63) is 63.2 Å². The van der Waals surface area contributed by atoms with E-state index in [9.17, 15) is 18.0 Å². The maximum absolute atomic E-state index is 12.9. The van der Waals surface area contributed by atoms with Crippen molar-refractivity contribution in [1.82, 2.24) is 19.9 Å². The number of aromatic nitrogens is 3. The number of piperazine rings is 1. The summed E-state index contributed by atoms with van der Waals surface area (Å²) in [4.78, 5) is 27.6. The maximum atomic E-state index is 12.9. The second-order valence-corrected chi connectivity index (χ2v) is 8.67. The zero-order chi connectivity index (χ0) is 23.9. The van der Waals surface area contributed by atoms with Gasteiger partial charge in [0.25, 0.3) is 0 Å². The molecule has 0 saturated carbocycles. The van der Waals surface area contributed by atoms with E-state index < -0.39 is 17.4 Å². The lowest BCUT2D eigenvalue weighted by Crippen LogP contribution is -2.60. The topological polar surface area (TPSA) is 91.1 Å². The Balaban J connectivity index is 1.63. The Morgan fingerprint density at radius 2 is 1.88 bits per heavy atom. The van der Waals surface area contributed by atoms with E-state index in [4.69, 9.17) is 17.3 Å². The first kappa shape index (κ1) is 23.5. The molecule has 11 heteroatoms. The Morgan fingerprint density at radius 1 is 1.18 bits per heavy atom. The van der Waals surface area contributed by atoms with Crippen LogP contribution in [0, 0.1) is 0 Å². The number of nitrogens with two attached hydrogens (primary N) is 1.